The molecule has 0 amide bonds. The van der Waals surface area contributed by atoms with Crippen LogP contribution in [-0.2, 0) is 18.6 Å². The highest BCUT2D eigenvalue weighted by molar-refractivity contribution is 5.92. The first kappa shape index (κ1) is 27.6. The zero-order valence-corrected chi connectivity index (χ0v) is 22.7. The molecule has 0 saturated heterocycles. The molecule has 0 unspecified atom stereocenters. The number of halogens is 2. The molecule has 5 aromatic rings. The largest absolute Gasteiger partial charge is 0.478 e. The lowest BCUT2D eigenvalue weighted by atomic mass is 10.0. The minimum atomic E-state index is -1.06. The Morgan fingerprint density at radius 1 is 0.977 bits per heavy atom. The second-order valence-electron chi connectivity index (χ2n) is 10.5. The second-order valence-corrected chi connectivity index (χ2v) is 10.5. The summed E-state index contributed by atoms with van der Waals surface area (Å²) in [6.45, 7) is -0.0937. The average molecular weight is 576 g/mol. The van der Waals surface area contributed by atoms with E-state index in [0.29, 0.717) is 33.7 Å². The summed E-state index contributed by atoms with van der Waals surface area (Å²) in [7, 11) is 0. The van der Waals surface area contributed by atoms with E-state index in [-0.39, 0.29) is 42.0 Å². The molecule has 1 aliphatic carbocycles. The molecular formula is C33H23F2N5O3. The highest BCUT2D eigenvalue weighted by Crippen LogP contribution is 2.49. The molecule has 0 spiro atoms. The number of carboxylic acids is 1. The van der Waals surface area contributed by atoms with E-state index in [9.17, 15) is 19.6 Å². The smallest absolute Gasteiger partial charge is 0.335 e. The summed E-state index contributed by atoms with van der Waals surface area (Å²) in [5.74, 6) is -1.30. The number of pyridine rings is 1. The van der Waals surface area contributed by atoms with Gasteiger partial charge in [0.25, 0.3) is 0 Å². The third-order valence-electron chi connectivity index (χ3n) is 7.66. The Kier molecular flexibility index (Phi) is 7.04. The first-order chi connectivity index (χ1) is 20.8. The zero-order chi connectivity index (χ0) is 30.1. The molecular weight excluding hydrogens is 552 g/mol. The molecule has 6 rings (SSSR count). The van der Waals surface area contributed by atoms with Gasteiger partial charge in [0.15, 0.2) is 0 Å². The Bertz CT molecular complexity index is 1990. The van der Waals surface area contributed by atoms with Crippen LogP contribution in [-0.4, -0.2) is 25.6 Å². The van der Waals surface area contributed by atoms with Crippen molar-refractivity contribution in [2.75, 3.05) is 0 Å². The Labute approximate surface area is 245 Å². The fourth-order valence-electron chi connectivity index (χ4n) is 5.24. The maximum absolute atomic E-state index is 15.5. The normalized spacial score (nSPS) is 13.3. The quantitative estimate of drug-likeness (QED) is 0.212. The molecule has 8 nitrogen and oxygen atoms in total. The number of fused-ring (bicyclic) bond motifs is 1. The van der Waals surface area contributed by atoms with E-state index < -0.39 is 23.1 Å². The number of carboxylic acid groups (broad SMARTS) is 1. The fraction of sp³-hybridized carbons (Fsp3) is 0.182. The van der Waals surface area contributed by atoms with Gasteiger partial charge in [-0.15, -0.1) is 0 Å². The molecule has 1 aliphatic rings. The van der Waals surface area contributed by atoms with Crippen molar-refractivity contribution in [3.63, 3.8) is 0 Å². The van der Waals surface area contributed by atoms with E-state index in [1.54, 1.807) is 42.5 Å². The van der Waals surface area contributed by atoms with Gasteiger partial charge < -0.3 is 14.4 Å². The van der Waals surface area contributed by atoms with Crippen LogP contribution in [0, 0.1) is 34.3 Å². The lowest BCUT2D eigenvalue weighted by Crippen LogP contribution is -2.20. The number of nitriles is 2. The number of nitrogens with zero attached hydrogens (tertiary/aromatic N) is 5. The van der Waals surface area contributed by atoms with Crippen LogP contribution < -0.4 is 4.74 Å². The van der Waals surface area contributed by atoms with E-state index in [2.05, 4.69) is 11.1 Å². The van der Waals surface area contributed by atoms with Crippen LogP contribution >= 0.6 is 0 Å². The van der Waals surface area contributed by atoms with Crippen molar-refractivity contribution in [3.05, 3.63) is 113 Å². The second kappa shape index (κ2) is 11.0. The van der Waals surface area contributed by atoms with Crippen LogP contribution in [0.3, 0.4) is 0 Å². The van der Waals surface area contributed by atoms with Gasteiger partial charge in [0.1, 0.15) is 24.1 Å². The first-order valence-electron chi connectivity index (χ1n) is 13.5. The molecule has 10 heteroatoms. The molecule has 3 aromatic carbocycles. The van der Waals surface area contributed by atoms with Crippen molar-refractivity contribution in [3.8, 4) is 29.3 Å². The van der Waals surface area contributed by atoms with E-state index in [1.807, 2.05) is 10.6 Å². The van der Waals surface area contributed by atoms with E-state index in [1.165, 1.54) is 24.3 Å². The number of hydrogen-bond acceptors (Lipinski definition) is 6. The Hall–Kier alpha value is -5.61. The lowest BCUT2D eigenvalue weighted by Gasteiger charge is -2.19. The molecule has 0 aliphatic heterocycles. The van der Waals surface area contributed by atoms with Gasteiger partial charge in [0.2, 0.25) is 5.88 Å². The van der Waals surface area contributed by atoms with Gasteiger partial charge in [-0.3, -0.25) is 0 Å². The summed E-state index contributed by atoms with van der Waals surface area (Å²) in [6.07, 6.45) is 1.88. The SMILES string of the molecule is N#CCC1(n2c(Cc3ccc(-c4cccc(OCc5ccc(C#N)cc5F)n4)cc3F)nc3ccc(C(=O)O)cc32)CC1. The molecule has 1 saturated carbocycles. The molecule has 0 radical (unpaired) electrons. The number of rotatable bonds is 9. The molecule has 0 bridgehead atoms. The average Bonchev–Trinajstić information content (AvgIpc) is 3.68. The minimum absolute atomic E-state index is 0.0937. The maximum atomic E-state index is 15.5. The maximum Gasteiger partial charge on any atom is 0.335 e. The summed E-state index contributed by atoms with van der Waals surface area (Å²) in [4.78, 5) is 20.8. The number of benzene rings is 3. The Balaban J connectivity index is 1.26. The fourth-order valence-corrected chi connectivity index (χ4v) is 5.24. The van der Waals surface area contributed by atoms with Crippen molar-refractivity contribution >= 4 is 17.0 Å². The molecule has 1 fully saturated rings. The van der Waals surface area contributed by atoms with Crippen LogP contribution in [0.2, 0.25) is 0 Å². The van der Waals surface area contributed by atoms with Gasteiger partial charge in [-0.1, -0.05) is 24.3 Å². The predicted molar refractivity (Wildman–Crippen MR) is 152 cm³/mol. The highest BCUT2D eigenvalue weighted by atomic mass is 19.1. The molecule has 212 valence electrons. The van der Waals surface area contributed by atoms with Gasteiger partial charge in [0.05, 0.1) is 52.0 Å². The zero-order valence-electron chi connectivity index (χ0n) is 22.7. The van der Waals surface area contributed by atoms with Gasteiger partial charge in [0, 0.05) is 23.6 Å². The monoisotopic (exact) mass is 575 g/mol. The molecule has 2 heterocycles. The number of ether oxygens (including phenoxy) is 1. The number of carbonyl (C=O) groups is 1. The molecule has 0 atom stereocenters. The van der Waals surface area contributed by atoms with Gasteiger partial charge in [-0.2, -0.15) is 10.5 Å². The van der Waals surface area contributed by atoms with Crippen LogP contribution in [0.4, 0.5) is 8.78 Å². The number of imidazole rings is 1. The summed E-state index contributed by atoms with van der Waals surface area (Å²) in [5, 5.41) is 27.9. The summed E-state index contributed by atoms with van der Waals surface area (Å²) in [6, 6.07) is 22.7. The predicted octanol–water partition coefficient (Wildman–Crippen LogP) is 6.52. The van der Waals surface area contributed by atoms with Gasteiger partial charge in [-0.25, -0.2) is 23.5 Å². The Morgan fingerprint density at radius 3 is 2.47 bits per heavy atom. The molecule has 1 N–H and O–H groups in total. The number of aromatic carboxylic acids is 1. The van der Waals surface area contributed by atoms with E-state index in [0.717, 1.165) is 18.9 Å². The molecule has 2 aromatic heterocycles. The van der Waals surface area contributed by atoms with Crippen LogP contribution in [0.1, 0.15) is 52.1 Å². The highest BCUT2D eigenvalue weighted by Gasteiger charge is 2.46. The van der Waals surface area contributed by atoms with Crippen LogP contribution in [0.25, 0.3) is 22.3 Å². The van der Waals surface area contributed by atoms with Crippen molar-refractivity contribution in [1.82, 2.24) is 14.5 Å². The van der Waals surface area contributed by atoms with Gasteiger partial charge in [-0.05, 0) is 60.9 Å². The van der Waals surface area contributed by atoms with Gasteiger partial charge >= 0.3 is 5.97 Å². The number of aromatic nitrogens is 3. The third kappa shape index (κ3) is 5.39. The Morgan fingerprint density at radius 2 is 1.77 bits per heavy atom. The topological polar surface area (TPSA) is 125 Å². The standard InChI is InChI=1S/C33H23F2N5O3/c34-25-14-20(18-37)4-5-24(25)19-43-31-3-1-2-27(39-31)22-7-6-21(26(35)15-22)17-30-38-28-9-8-23(32(41)42)16-29(28)40(30)33(10-11-33)12-13-36/h1-9,14-16H,10-12,17,19H2,(H,41,42). The summed E-state index contributed by atoms with van der Waals surface area (Å²) >= 11 is 0. The lowest BCUT2D eigenvalue weighted by molar-refractivity contribution is 0.0697. The minimum Gasteiger partial charge on any atom is -0.478 e. The number of hydrogen-bond donors (Lipinski definition) is 1. The summed E-state index contributed by atoms with van der Waals surface area (Å²) in [5.41, 5.74) is 2.67. The summed E-state index contributed by atoms with van der Waals surface area (Å²) < 4.78 is 37.3. The third-order valence-corrected chi connectivity index (χ3v) is 7.66. The van der Waals surface area contributed by atoms with Crippen molar-refractivity contribution in [2.24, 2.45) is 0 Å². The van der Waals surface area contributed by atoms with Crippen LogP contribution in [0.15, 0.2) is 72.8 Å². The van der Waals surface area contributed by atoms with Crippen molar-refractivity contribution < 1.29 is 23.4 Å². The first-order valence-corrected chi connectivity index (χ1v) is 13.5. The van der Waals surface area contributed by atoms with Crippen molar-refractivity contribution in [1.29, 1.82) is 10.5 Å². The molecule has 43 heavy (non-hydrogen) atoms. The van der Waals surface area contributed by atoms with Crippen molar-refractivity contribution in [2.45, 2.75) is 37.8 Å². The van der Waals surface area contributed by atoms with E-state index >= 15 is 4.39 Å². The van der Waals surface area contributed by atoms with Crippen LogP contribution in [0.5, 0.6) is 5.88 Å². The van der Waals surface area contributed by atoms with E-state index in [4.69, 9.17) is 15.0 Å².